The molecule has 0 N–H and O–H groups in total. The lowest BCUT2D eigenvalue weighted by Crippen LogP contribution is -2.29. The average Bonchev–Trinajstić information content (AvgIpc) is 2.78. The van der Waals surface area contributed by atoms with Crippen molar-refractivity contribution in [1.82, 2.24) is 0 Å². The first-order chi connectivity index (χ1) is 6.21. The molecular weight excluding hydrogens is 156 g/mol. The minimum absolute atomic E-state index is 0.660. The van der Waals surface area contributed by atoms with Gasteiger partial charge >= 0.3 is 0 Å². The average molecular weight is 180 g/mol. The van der Waals surface area contributed by atoms with E-state index < -0.39 is 0 Å². The van der Waals surface area contributed by atoms with Gasteiger partial charge < -0.3 is 0 Å². The zero-order valence-corrected chi connectivity index (χ0v) is 9.31. The molecule has 0 aromatic rings. The molecule has 2 aliphatic rings. The van der Waals surface area contributed by atoms with Gasteiger partial charge in [0.05, 0.1) is 0 Å². The van der Waals surface area contributed by atoms with Gasteiger partial charge in [-0.2, -0.15) is 0 Å². The van der Waals surface area contributed by atoms with Crippen molar-refractivity contribution < 1.29 is 0 Å². The maximum Gasteiger partial charge on any atom is -0.0298 e. The Kier molecular flexibility index (Phi) is 2.67. The first-order valence-corrected chi connectivity index (χ1v) is 6.21. The van der Waals surface area contributed by atoms with Crippen LogP contribution in [-0.2, 0) is 0 Å². The Morgan fingerprint density at radius 2 is 1.00 bits per heavy atom. The minimum atomic E-state index is 0.660. The molecule has 2 rings (SSSR count). The molecule has 0 aromatic heterocycles. The zero-order chi connectivity index (χ0) is 9.31. The van der Waals surface area contributed by atoms with Gasteiger partial charge in [-0.15, -0.1) is 0 Å². The molecule has 0 aliphatic heterocycles. The normalized spacial score (nSPS) is 27.2. The molecule has 2 fully saturated rings. The monoisotopic (exact) mass is 180 g/mol. The van der Waals surface area contributed by atoms with Gasteiger partial charge in [0, 0.05) is 0 Å². The van der Waals surface area contributed by atoms with Crippen molar-refractivity contribution in [3.8, 4) is 0 Å². The predicted molar refractivity (Wildman–Crippen MR) is 57.7 cm³/mol. The highest BCUT2D eigenvalue weighted by molar-refractivity contribution is 4.89. The summed E-state index contributed by atoms with van der Waals surface area (Å²) in [6.07, 6.45) is 12.1. The molecule has 0 amide bonds. The maximum atomic E-state index is 2.54. The summed E-state index contributed by atoms with van der Waals surface area (Å²) in [5, 5.41) is 0. The zero-order valence-electron chi connectivity index (χ0n) is 9.31. The van der Waals surface area contributed by atoms with E-state index in [0.717, 1.165) is 11.8 Å². The van der Waals surface area contributed by atoms with Crippen molar-refractivity contribution in [2.75, 3.05) is 0 Å². The maximum absolute atomic E-state index is 2.54. The van der Waals surface area contributed by atoms with Gasteiger partial charge in [0.2, 0.25) is 0 Å². The summed E-state index contributed by atoms with van der Waals surface area (Å²) in [7, 11) is 0. The summed E-state index contributed by atoms with van der Waals surface area (Å²) in [4.78, 5) is 0. The third-order valence-corrected chi connectivity index (χ3v) is 4.81. The van der Waals surface area contributed by atoms with Crippen LogP contribution in [0.15, 0.2) is 0 Å². The van der Waals surface area contributed by atoms with Crippen molar-refractivity contribution in [3.63, 3.8) is 0 Å². The summed E-state index contributed by atoms with van der Waals surface area (Å²) in [5.74, 6) is 2.10. The Bertz CT molecular complexity index is 139. The lowest BCUT2D eigenvalue weighted by Gasteiger charge is -2.37. The molecule has 0 nitrogen and oxygen atoms in total. The molecule has 0 bridgehead atoms. The van der Waals surface area contributed by atoms with E-state index in [9.17, 15) is 0 Å². The third kappa shape index (κ3) is 1.78. The van der Waals surface area contributed by atoms with Crippen LogP contribution in [0.1, 0.15) is 65.2 Å². The van der Waals surface area contributed by atoms with Crippen LogP contribution < -0.4 is 0 Å². The fraction of sp³-hybridized carbons (Fsp3) is 1.00. The van der Waals surface area contributed by atoms with Crippen molar-refractivity contribution in [1.29, 1.82) is 0 Å². The second kappa shape index (κ2) is 3.63. The summed E-state index contributed by atoms with van der Waals surface area (Å²) < 4.78 is 0. The van der Waals surface area contributed by atoms with Crippen LogP contribution in [0.5, 0.6) is 0 Å². The van der Waals surface area contributed by atoms with E-state index >= 15 is 0 Å². The van der Waals surface area contributed by atoms with Crippen LogP contribution in [0.2, 0.25) is 0 Å². The Hall–Kier alpha value is 0. The van der Waals surface area contributed by atoms with E-state index in [4.69, 9.17) is 0 Å². The van der Waals surface area contributed by atoms with Gasteiger partial charge in [0.1, 0.15) is 0 Å². The number of hydrogen-bond acceptors (Lipinski definition) is 0. The van der Waals surface area contributed by atoms with E-state index in [1.165, 1.54) is 51.4 Å². The van der Waals surface area contributed by atoms with Crippen LogP contribution in [0, 0.1) is 17.3 Å². The largest absolute Gasteiger partial charge is 0.0594 e. The molecule has 0 unspecified atom stereocenters. The van der Waals surface area contributed by atoms with Crippen LogP contribution in [-0.4, -0.2) is 0 Å². The molecule has 76 valence electrons. The highest BCUT2D eigenvalue weighted by Gasteiger charge is 2.39. The lowest BCUT2D eigenvalue weighted by molar-refractivity contribution is 0.121. The molecule has 0 heterocycles. The summed E-state index contributed by atoms with van der Waals surface area (Å²) in [5.41, 5.74) is 0.660. The molecule has 0 radical (unpaired) electrons. The molecule has 13 heavy (non-hydrogen) atoms. The standard InChI is InChI=1S/C13H24/c1-13(2,11-7-3-4-8-11)12-9-5-6-10-12/h11-12H,3-10H2,1-2H3. The van der Waals surface area contributed by atoms with Gasteiger partial charge in [-0.3, -0.25) is 0 Å². The lowest BCUT2D eigenvalue weighted by atomic mass is 9.68. The molecule has 2 aliphatic carbocycles. The Morgan fingerprint density at radius 3 is 1.31 bits per heavy atom. The van der Waals surface area contributed by atoms with Crippen LogP contribution >= 0.6 is 0 Å². The Morgan fingerprint density at radius 1 is 0.692 bits per heavy atom. The first-order valence-electron chi connectivity index (χ1n) is 6.21. The van der Waals surface area contributed by atoms with E-state index in [-0.39, 0.29) is 0 Å². The third-order valence-electron chi connectivity index (χ3n) is 4.81. The molecule has 0 aromatic carbocycles. The topological polar surface area (TPSA) is 0 Å². The van der Waals surface area contributed by atoms with Crippen LogP contribution in [0.3, 0.4) is 0 Å². The highest BCUT2D eigenvalue weighted by Crippen LogP contribution is 2.49. The smallest absolute Gasteiger partial charge is 0.0298 e. The van der Waals surface area contributed by atoms with Crippen LogP contribution in [0.4, 0.5) is 0 Å². The molecule has 0 saturated heterocycles. The van der Waals surface area contributed by atoms with Gasteiger partial charge in [-0.05, 0) is 42.9 Å². The van der Waals surface area contributed by atoms with Gasteiger partial charge in [0.15, 0.2) is 0 Å². The highest BCUT2D eigenvalue weighted by atomic mass is 14.4. The Labute approximate surface area is 83.1 Å². The molecule has 2 saturated carbocycles. The second-order valence-corrected chi connectivity index (χ2v) is 5.78. The van der Waals surface area contributed by atoms with Gasteiger partial charge in [-0.1, -0.05) is 39.5 Å². The van der Waals surface area contributed by atoms with Crippen LogP contribution in [0.25, 0.3) is 0 Å². The summed E-state index contributed by atoms with van der Waals surface area (Å²) in [6.45, 7) is 5.08. The number of rotatable bonds is 2. The fourth-order valence-corrected chi connectivity index (χ4v) is 3.67. The second-order valence-electron chi connectivity index (χ2n) is 5.78. The van der Waals surface area contributed by atoms with E-state index in [2.05, 4.69) is 13.8 Å². The number of hydrogen-bond donors (Lipinski definition) is 0. The molecule has 0 heteroatoms. The van der Waals surface area contributed by atoms with E-state index in [1.54, 1.807) is 0 Å². The predicted octanol–water partition coefficient (Wildman–Crippen LogP) is 4.39. The molecular formula is C13H24. The van der Waals surface area contributed by atoms with Crippen molar-refractivity contribution in [2.45, 2.75) is 65.2 Å². The quantitative estimate of drug-likeness (QED) is 0.591. The fourth-order valence-electron chi connectivity index (χ4n) is 3.67. The first kappa shape index (κ1) is 9.55. The van der Waals surface area contributed by atoms with Gasteiger partial charge in [0.25, 0.3) is 0 Å². The molecule has 0 spiro atoms. The summed E-state index contributed by atoms with van der Waals surface area (Å²) >= 11 is 0. The van der Waals surface area contributed by atoms with Crippen molar-refractivity contribution in [3.05, 3.63) is 0 Å². The molecule has 0 atom stereocenters. The summed E-state index contributed by atoms with van der Waals surface area (Å²) in [6, 6.07) is 0. The SMILES string of the molecule is CC(C)(C1CCCC1)C1CCCC1. The van der Waals surface area contributed by atoms with Crippen molar-refractivity contribution >= 4 is 0 Å². The minimum Gasteiger partial charge on any atom is -0.0594 e. The van der Waals surface area contributed by atoms with E-state index in [1.807, 2.05) is 0 Å². The van der Waals surface area contributed by atoms with E-state index in [0.29, 0.717) is 5.41 Å². The van der Waals surface area contributed by atoms with Gasteiger partial charge in [-0.25, -0.2) is 0 Å². The van der Waals surface area contributed by atoms with Crippen molar-refractivity contribution in [2.24, 2.45) is 17.3 Å². The Balaban J connectivity index is 1.99.